The molecule has 0 spiro atoms. The van der Waals surface area contributed by atoms with E-state index in [4.69, 9.17) is 0 Å². The van der Waals surface area contributed by atoms with E-state index >= 15 is 0 Å². The standard InChI is InChI=1S/C14H19N/c1-4-12-8-9-13(5-2)14(11-12)7-6-10-15-3/h8-9,11,15H,4-5,10H2,1-3H3. The van der Waals surface area contributed by atoms with Crippen LogP contribution in [-0.2, 0) is 12.8 Å². The minimum Gasteiger partial charge on any atom is -0.309 e. The molecule has 0 radical (unpaired) electrons. The molecule has 0 aliphatic rings. The first-order valence-electron chi connectivity index (χ1n) is 5.57. The molecule has 0 aliphatic carbocycles. The lowest BCUT2D eigenvalue weighted by Gasteiger charge is -2.03. The molecule has 0 aliphatic heterocycles. The van der Waals surface area contributed by atoms with Gasteiger partial charge in [0.2, 0.25) is 0 Å². The van der Waals surface area contributed by atoms with Crippen molar-refractivity contribution >= 4 is 0 Å². The Balaban J connectivity index is 2.97. The topological polar surface area (TPSA) is 12.0 Å². The third kappa shape index (κ3) is 3.42. The fourth-order valence-corrected chi connectivity index (χ4v) is 1.50. The van der Waals surface area contributed by atoms with Gasteiger partial charge in [-0.15, -0.1) is 0 Å². The molecule has 0 saturated heterocycles. The normalized spacial score (nSPS) is 9.53. The van der Waals surface area contributed by atoms with Gasteiger partial charge in [0.15, 0.2) is 0 Å². The lowest BCUT2D eigenvalue weighted by molar-refractivity contribution is 0.938. The van der Waals surface area contributed by atoms with Crippen LogP contribution in [0.25, 0.3) is 0 Å². The molecule has 0 atom stereocenters. The van der Waals surface area contributed by atoms with Gasteiger partial charge in [-0.2, -0.15) is 0 Å². The zero-order chi connectivity index (χ0) is 11.1. The summed E-state index contributed by atoms with van der Waals surface area (Å²) in [5.41, 5.74) is 3.89. The molecule has 1 aromatic carbocycles. The van der Waals surface area contributed by atoms with Gasteiger partial charge >= 0.3 is 0 Å². The summed E-state index contributed by atoms with van der Waals surface area (Å²) in [6.45, 7) is 5.09. The van der Waals surface area contributed by atoms with E-state index < -0.39 is 0 Å². The summed E-state index contributed by atoms with van der Waals surface area (Å²) in [5, 5.41) is 3.03. The average molecular weight is 201 g/mol. The number of benzene rings is 1. The molecular weight excluding hydrogens is 182 g/mol. The van der Waals surface area contributed by atoms with E-state index in [0.29, 0.717) is 0 Å². The SMILES string of the molecule is CCc1ccc(CC)c(C#CCNC)c1. The number of rotatable bonds is 3. The first-order valence-corrected chi connectivity index (χ1v) is 5.57. The quantitative estimate of drug-likeness (QED) is 0.740. The van der Waals surface area contributed by atoms with Crippen LogP contribution in [0.15, 0.2) is 18.2 Å². The van der Waals surface area contributed by atoms with Crippen molar-refractivity contribution < 1.29 is 0 Å². The zero-order valence-electron chi connectivity index (χ0n) is 9.85. The van der Waals surface area contributed by atoms with Crippen LogP contribution in [0.5, 0.6) is 0 Å². The molecule has 1 rings (SSSR count). The van der Waals surface area contributed by atoms with Crippen LogP contribution < -0.4 is 5.32 Å². The van der Waals surface area contributed by atoms with Gasteiger partial charge in [-0.3, -0.25) is 0 Å². The summed E-state index contributed by atoms with van der Waals surface area (Å²) in [7, 11) is 1.91. The molecule has 0 aromatic heterocycles. The number of nitrogens with one attached hydrogen (secondary N) is 1. The Morgan fingerprint density at radius 3 is 2.60 bits per heavy atom. The molecule has 0 unspecified atom stereocenters. The summed E-state index contributed by atoms with van der Waals surface area (Å²) in [6, 6.07) is 6.60. The lowest BCUT2D eigenvalue weighted by Crippen LogP contribution is -2.04. The molecule has 1 N–H and O–H groups in total. The summed E-state index contributed by atoms with van der Waals surface area (Å²) >= 11 is 0. The molecule has 1 heteroatoms. The maximum Gasteiger partial charge on any atom is 0.0577 e. The molecule has 0 bridgehead atoms. The van der Waals surface area contributed by atoms with Crippen molar-refractivity contribution in [1.82, 2.24) is 5.32 Å². The van der Waals surface area contributed by atoms with Crippen molar-refractivity contribution in [3.63, 3.8) is 0 Å². The molecule has 1 aromatic rings. The van der Waals surface area contributed by atoms with Crippen molar-refractivity contribution in [2.24, 2.45) is 0 Å². The van der Waals surface area contributed by atoms with Crippen molar-refractivity contribution in [2.45, 2.75) is 26.7 Å². The maximum absolute atomic E-state index is 3.23. The first-order chi connectivity index (χ1) is 7.31. The average Bonchev–Trinajstić information content (AvgIpc) is 2.29. The van der Waals surface area contributed by atoms with Crippen LogP contribution >= 0.6 is 0 Å². The summed E-state index contributed by atoms with van der Waals surface area (Å²) in [4.78, 5) is 0. The second-order valence-electron chi connectivity index (χ2n) is 3.53. The van der Waals surface area contributed by atoms with Crippen LogP contribution in [0, 0.1) is 11.8 Å². The third-order valence-electron chi connectivity index (χ3n) is 2.45. The lowest BCUT2D eigenvalue weighted by atomic mass is 10.0. The Hall–Kier alpha value is -1.26. The fourth-order valence-electron chi connectivity index (χ4n) is 1.50. The van der Waals surface area contributed by atoms with Crippen LogP contribution in [0.4, 0.5) is 0 Å². The highest BCUT2D eigenvalue weighted by molar-refractivity contribution is 5.44. The molecule has 0 fully saturated rings. The van der Waals surface area contributed by atoms with E-state index in [0.717, 1.165) is 19.4 Å². The molecular formula is C14H19N. The van der Waals surface area contributed by atoms with E-state index in [1.165, 1.54) is 16.7 Å². The Kier molecular flexibility index (Phi) is 4.93. The van der Waals surface area contributed by atoms with Gasteiger partial charge in [0.25, 0.3) is 0 Å². The molecule has 0 heterocycles. The Morgan fingerprint density at radius 2 is 2.00 bits per heavy atom. The largest absolute Gasteiger partial charge is 0.309 e. The number of hydrogen-bond donors (Lipinski definition) is 1. The second kappa shape index (κ2) is 6.27. The fraction of sp³-hybridized carbons (Fsp3) is 0.429. The summed E-state index contributed by atoms with van der Waals surface area (Å²) in [5.74, 6) is 6.34. The number of hydrogen-bond acceptors (Lipinski definition) is 1. The van der Waals surface area contributed by atoms with Gasteiger partial charge in [0, 0.05) is 5.56 Å². The van der Waals surface area contributed by atoms with Gasteiger partial charge in [0.05, 0.1) is 6.54 Å². The third-order valence-corrected chi connectivity index (χ3v) is 2.45. The van der Waals surface area contributed by atoms with E-state index in [2.05, 4.69) is 49.2 Å². The highest BCUT2D eigenvalue weighted by Gasteiger charge is 1.98. The smallest absolute Gasteiger partial charge is 0.0577 e. The Labute approximate surface area is 92.9 Å². The predicted octanol–water partition coefficient (Wildman–Crippen LogP) is 2.38. The van der Waals surface area contributed by atoms with Crippen molar-refractivity contribution in [2.75, 3.05) is 13.6 Å². The van der Waals surface area contributed by atoms with Crippen LogP contribution in [-0.4, -0.2) is 13.6 Å². The monoisotopic (exact) mass is 201 g/mol. The Bertz CT molecular complexity index is 369. The van der Waals surface area contributed by atoms with Crippen LogP contribution in [0.3, 0.4) is 0 Å². The van der Waals surface area contributed by atoms with Gasteiger partial charge in [-0.1, -0.05) is 37.8 Å². The molecule has 0 saturated carbocycles. The molecule has 1 nitrogen and oxygen atoms in total. The van der Waals surface area contributed by atoms with Crippen molar-refractivity contribution in [3.05, 3.63) is 34.9 Å². The highest BCUT2D eigenvalue weighted by atomic mass is 14.8. The van der Waals surface area contributed by atoms with E-state index in [-0.39, 0.29) is 0 Å². The van der Waals surface area contributed by atoms with Crippen molar-refractivity contribution in [1.29, 1.82) is 0 Å². The minimum absolute atomic E-state index is 0.750. The summed E-state index contributed by atoms with van der Waals surface area (Å²) < 4.78 is 0. The van der Waals surface area contributed by atoms with Crippen LogP contribution in [0.2, 0.25) is 0 Å². The van der Waals surface area contributed by atoms with Gasteiger partial charge < -0.3 is 5.32 Å². The molecule has 0 amide bonds. The first kappa shape index (κ1) is 11.8. The van der Waals surface area contributed by atoms with E-state index in [1.54, 1.807) is 0 Å². The van der Waals surface area contributed by atoms with Crippen molar-refractivity contribution in [3.8, 4) is 11.8 Å². The summed E-state index contributed by atoms with van der Waals surface area (Å²) in [6.07, 6.45) is 2.12. The van der Waals surface area contributed by atoms with Gasteiger partial charge in [-0.05, 0) is 37.1 Å². The molecule has 15 heavy (non-hydrogen) atoms. The van der Waals surface area contributed by atoms with Crippen LogP contribution in [0.1, 0.15) is 30.5 Å². The second-order valence-corrected chi connectivity index (χ2v) is 3.53. The molecule has 80 valence electrons. The van der Waals surface area contributed by atoms with E-state index in [9.17, 15) is 0 Å². The van der Waals surface area contributed by atoms with Gasteiger partial charge in [0.1, 0.15) is 0 Å². The van der Waals surface area contributed by atoms with Gasteiger partial charge in [-0.25, -0.2) is 0 Å². The minimum atomic E-state index is 0.750. The van der Waals surface area contributed by atoms with E-state index in [1.807, 2.05) is 7.05 Å². The Morgan fingerprint density at radius 1 is 1.20 bits per heavy atom. The predicted molar refractivity (Wildman–Crippen MR) is 66.0 cm³/mol. The zero-order valence-corrected chi connectivity index (χ0v) is 9.85. The maximum atomic E-state index is 3.23. The highest BCUT2D eigenvalue weighted by Crippen LogP contribution is 2.12. The number of aryl methyl sites for hydroxylation is 2.